The zero-order chi connectivity index (χ0) is 12.4. The van der Waals surface area contributed by atoms with Crippen LogP contribution in [0.15, 0.2) is 36.5 Å². The van der Waals surface area contributed by atoms with E-state index in [0.29, 0.717) is 5.95 Å². The van der Waals surface area contributed by atoms with E-state index in [1.165, 1.54) is 16.9 Å². The average molecular weight is 240 g/mol. The molecule has 4 heteroatoms. The largest absolute Gasteiger partial charge is 0.367 e. The number of nitrogens with one attached hydrogen (secondary N) is 1. The van der Waals surface area contributed by atoms with Crippen LogP contribution < -0.4 is 10.2 Å². The molecule has 0 spiro atoms. The molecule has 0 saturated heterocycles. The highest BCUT2D eigenvalue weighted by molar-refractivity contribution is 5.48. The van der Waals surface area contributed by atoms with Crippen molar-refractivity contribution >= 4 is 11.6 Å². The molecule has 1 aliphatic rings. The van der Waals surface area contributed by atoms with Crippen LogP contribution in [0.25, 0.3) is 0 Å². The Morgan fingerprint density at radius 1 is 1.22 bits per heavy atom. The standard InChI is InChI=1S/C14H16N4/c1-15-14-16-9-11-10-18(8-7-13(11)17-14)12-5-3-2-4-6-12/h2-6,9H,7-8,10H2,1H3,(H,15,16,17). The Balaban J connectivity index is 1.85. The van der Waals surface area contributed by atoms with E-state index in [0.717, 1.165) is 19.5 Å². The maximum absolute atomic E-state index is 4.51. The molecule has 1 aromatic carbocycles. The molecular formula is C14H16N4. The van der Waals surface area contributed by atoms with Crippen molar-refractivity contribution in [2.24, 2.45) is 0 Å². The molecule has 2 aromatic rings. The zero-order valence-electron chi connectivity index (χ0n) is 10.4. The normalized spacial score (nSPS) is 14.2. The van der Waals surface area contributed by atoms with Crippen LogP contribution in [0.1, 0.15) is 11.3 Å². The molecule has 0 bridgehead atoms. The van der Waals surface area contributed by atoms with Gasteiger partial charge < -0.3 is 10.2 Å². The number of rotatable bonds is 2. The lowest BCUT2D eigenvalue weighted by Gasteiger charge is -2.30. The summed E-state index contributed by atoms with van der Waals surface area (Å²) in [7, 11) is 1.85. The van der Waals surface area contributed by atoms with Gasteiger partial charge in [0.15, 0.2) is 0 Å². The van der Waals surface area contributed by atoms with Crippen molar-refractivity contribution in [2.75, 3.05) is 23.8 Å². The fourth-order valence-electron chi connectivity index (χ4n) is 2.30. The molecule has 0 unspecified atom stereocenters. The van der Waals surface area contributed by atoms with Crippen molar-refractivity contribution < 1.29 is 0 Å². The van der Waals surface area contributed by atoms with E-state index in [9.17, 15) is 0 Å². The van der Waals surface area contributed by atoms with Crippen molar-refractivity contribution in [1.82, 2.24) is 9.97 Å². The fourth-order valence-corrected chi connectivity index (χ4v) is 2.30. The molecule has 1 N–H and O–H groups in total. The third-order valence-corrected chi connectivity index (χ3v) is 3.28. The van der Waals surface area contributed by atoms with Crippen molar-refractivity contribution in [1.29, 1.82) is 0 Å². The van der Waals surface area contributed by atoms with Gasteiger partial charge in [-0.05, 0) is 12.1 Å². The van der Waals surface area contributed by atoms with Crippen LogP contribution in [-0.4, -0.2) is 23.6 Å². The molecule has 1 aromatic heterocycles. The molecule has 3 rings (SSSR count). The molecule has 0 saturated carbocycles. The van der Waals surface area contributed by atoms with Gasteiger partial charge in [-0.25, -0.2) is 9.97 Å². The van der Waals surface area contributed by atoms with Gasteiger partial charge >= 0.3 is 0 Å². The second-order valence-corrected chi connectivity index (χ2v) is 4.42. The van der Waals surface area contributed by atoms with E-state index in [1.54, 1.807) is 0 Å². The van der Waals surface area contributed by atoms with E-state index in [2.05, 4.69) is 44.5 Å². The predicted molar refractivity (Wildman–Crippen MR) is 72.8 cm³/mol. The third-order valence-electron chi connectivity index (χ3n) is 3.28. The zero-order valence-corrected chi connectivity index (χ0v) is 10.4. The molecule has 92 valence electrons. The Kier molecular flexibility index (Phi) is 2.84. The van der Waals surface area contributed by atoms with E-state index in [-0.39, 0.29) is 0 Å². The molecule has 2 heterocycles. The number of hydrogen-bond donors (Lipinski definition) is 1. The highest BCUT2D eigenvalue weighted by atomic mass is 15.2. The van der Waals surface area contributed by atoms with Gasteiger partial charge in [0.1, 0.15) is 0 Å². The van der Waals surface area contributed by atoms with E-state index >= 15 is 0 Å². The average Bonchev–Trinajstić information content (AvgIpc) is 2.47. The summed E-state index contributed by atoms with van der Waals surface area (Å²) in [6.45, 7) is 1.90. The SMILES string of the molecule is CNc1ncc2c(n1)CCN(c1ccccc1)C2. The number of benzene rings is 1. The van der Waals surface area contributed by atoms with Gasteiger partial charge in [0, 0.05) is 44.0 Å². The summed E-state index contributed by atoms with van der Waals surface area (Å²) in [5, 5.41) is 2.98. The summed E-state index contributed by atoms with van der Waals surface area (Å²) >= 11 is 0. The van der Waals surface area contributed by atoms with Crippen LogP contribution in [0.5, 0.6) is 0 Å². The molecule has 0 fully saturated rings. The minimum atomic E-state index is 0.710. The van der Waals surface area contributed by atoms with Gasteiger partial charge in [-0.3, -0.25) is 0 Å². The monoisotopic (exact) mass is 240 g/mol. The highest BCUT2D eigenvalue weighted by Gasteiger charge is 2.18. The topological polar surface area (TPSA) is 41.1 Å². The molecule has 0 atom stereocenters. The molecule has 1 aliphatic heterocycles. The number of hydrogen-bond acceptors (Lipinski definition) is 4. The Morgan fingerprint density at radius 2 is 2.06 bits per heavy atom. The van der Waals surface area contributed by atoms with Gasteiger partial charge in [0.2, 0.25) is 5.95 Å². The van der Waals surface area contributed by atoms with Crippen LogP contribution in [0.3, 0.4) is 0 Å². The smallest absolute Gasteiger partial charge is 0.222 e. The number of aromatic nitrogens is 2. The lowest BCUT2D eigenvalue weighted by molar-refractivity contribution is 0.706. The van der Waals surface area contributed by atoms with Gasteiger partial charge in [0.25, 0.3) is 0 Å². The second kappa shape index (κ2) is 4.64. The van der Waals surface area contributed by atoms with Crippen molar-refractivity contribution in [3.63, 3.8) is 0 Å². The molecule has 0 radical (unpaired) electrons. The van der Waals surface area contributed by atoms with Crippen LogP contribution in [-0.2, 0) is 13.0 Å². The number of nitrogens with zero attached hydrogens (tertiary/aromatic N) is 3. The molecule has 0 amide bonds. The Hall–Kier alpha value is -2.10. The first kappa shape index (κ1) is 11.0. The van der Waals surface area contributed by atoms with E-state index in [4.69, 9.17) is 0 Å². The minimum absolute atomic E-state index is 0.710. The van der Waals surface area contributed by atoms with E-state index in [1.807, 2.05) is 19.3 Å². The van der Waals surface area contributed by atoms with Gasteiger partial charge in [0.05, 0.1) is 5.69 Å². The summed E-state index contributed by atoms with van der Waals surface area (Å²) in [6, 6.07) is 10.5. The van der Waals surface area contributed by atoms with E-state index < -0.39 is 0 Å². The van der Waals surface area contributed by atoms with Crippen LogP contribution in [0.2, 0.25) is 0 Å². The molecular weight excluding hydrogens is 224 g/mol. The summed E-state index contributed by atoms with van der Waals surface area (Å²) in [5.41, 5.74) is 3.66. The lowest BCUT2D eigenvalue weighted by atomic mass is 10.1. The first-order valence-corrected chi connectivity index (χ1v) is 6.19. The Bertz CT molecular complexity index is 539. The number of anilines is 2. The number of fused-ring (bicyclic) bond motifs is 1. The van der Waals surface area contributed by atoms with Gasteiger partial charge in [-0.1, -0.05) is 18.2 Å². The number of para-hydroxylation sites is 1. The quantitative estimate of drug-likeness (QED) is 0.872. The summed E-state index contributed by atoms with van der Waals surface area (Å²) < 4.78 is 0. The molecule has 4 nitrogen and oxygen atoms in total. The first-order chi connectivity index (χ1) is 8.86. The lowest BCUT2D eigenvalue weighted by Crippen LogP contribution is -2.31. The maximum atomic E-state index is 4.51. The van der Waals surface area contributed by atoms with Crippen LogP contribution in [0.4, 0.5) is 11.6 Å². The van der Waals surface area contributed by atoms with Gasteiger partial charge in [-0.15, -0.1) is 0 Å². The molecule has 0 aliphatic carbocycles. The summed E-state index contributed by atoms with van der Waals surface area (Å²) in [6.07, 6.45) is 2.91. The third kappa shape index (κ3) is 2.01. The molecule has 18 heavy (non-hydrogen) atoms. The predicted octanol–water partition coefficient (Wildman–Crippen LogP) is 2.08. The highest BCUT2D eigenvalue weighted by Crippen LogP contribution is 2.23. The Morgan fingerprint density at radius 3 is 2.83 bits per heavy atom. The van der Waals surface area contributed by atoms with Gasteiger partial charge in [-0.2, -0.15) is 0 Å². The second-order valence-electron chi connectivity index (χ2n) is 4.42. The van der Waals surface area contributed by atoms with Crippen molar-refractivity contribution in [3.05, 3.63) is 47.8 Å². The fraction of sp³-hybridized carbons (Fsp3) is 0.286. The summed E-state index contributed by atoms with van der Waals surface area (Å²) in [4.78, 5) is 11.2. The summed E-state index contributed by atoms with van der Waals surface area (Å²) in [5.74, 6) is 0.710. The van der Waals surface area contributed by atoms with Crippen molar-refractivity contribution in [2.45, 2.75) is 13.0 Å². The first-order valence-electron chi connectivity index (χ1n) is 6.19. The Labute approximate surface area is 107 Å². The minimum Gasteiger partial charge on any atom is -0.367 e. The van der Waals surface area contributed by atoms with Crippen molar-refractivity contribution in [3.8, 4) is 0 Å². The van der Waals surface area contributed by atoms with Crippen LogP contribution >= 0.6 is 0 Å². The maximum Gasteiger partial charge on any atom is 0.222 e. The van der Waals surface area contributed by atoms with Crippen LogP contribution in [0, 0.1) is 0 Å².